The smallest absolute Gasteiger partial charge is 0.262 e. The molecule has 114 valence electrons. The molecule has 1 atom stereocenters. The molecule has 1 amide bonds. The van der Waals surface area contributed by atoms with E-state index in [0.29, 0.717) is 26.5 Å². The van der Waals surface area contributed by atoms with Gasteiger partial charge in [0.05, 0.1) is 10.9 Å². The highest BCUT2D eigenvalue weighted by Gasteiger charge is 2.22. The third-order valence-corrected chi connectivity index (χ3v) is 4.90. The molecule has 0 bridgehead atoms. The second-order valence-corrected chi connectivity index (χ2v) is 7.18. The van der Waals surface area contributed by atoms with E-state index in [0.717, 1.165) is 0 Å². The highest BCUT2D eigenvalue weighted by molar-refractivity contribution is 8.02. The molecule has 0 fully saturated rings. The zero-order valence-corrected chi connectivity index (χ0v) is 13.2. The second-order valence-electron chi connectivity index (χ2n) is 4.58. The van der Waals surface area contributed by atoms with E-state index in [1.165, 1.54) is 23.1 Å². The van der Waals surface area contributed by atoms with Gasteiger partial charge in [-0.15, -0.1) is 10.2 Å². The van der Waals surface area contributed by atoms with Crippen molar-refractivity contribution in [2.75, 3.05) is 17.7 Å². The molecule has 1 aliphatic heterocycles. The molecule has 2 aromatic rings. The first-order chi connectivity index (χ1) is 10.5. The van der Waals surface area contributed by atoms with Gasteiger partial charge in [-0.2, -0.15) is 0 Å². The Kier molecular flexibility index (Phi) is 3.99. The summed E-state index contributed by atoms with van der Waals surface area (Å²) < 4.78 is 5.92. The highest BCUT2D eigenvalue weighted by atomic mass is 32.2. The SMILES string of the molecule is CC(Sc1nnc(N)s1)C(=O)c1ccc2c(c1)NC(=O)CO2. The molecule has 1 aromatic heterocycles. The summed E-state index contributed by atoms with van der Waals surface area (Å²) in [4.78, 5) is 23.8. The molecule has 3 N–H and O–H groups in total. The lowest BCUT2D eigenvalue weighted by atomic mass is 10.1. The number of amides is 1. The Labute approximate surface area is 134 Å². The third-order valence-electron chi connectivity index (χ3n) is 2.97. The summed E-state index contributed by atoms with van der Waals surface area (Å²) in [6.07, 6.45) is 0. The number of hydrogen-bond donors (Lipinski definition) is 2. The number of Topliss-reactive ketones (excluding diaryl/α,β-unsaturated/α-hetero) is 1. The van der Waals surface area contributed by atoms with Crippen molar-refractivity contribution in [3.63, 3.8) is 0 Å². The van der Waals surface area contributed by atoms with Gasteiger partial charge in [0.15, 0.2) is 16.7 Å². The molecule has 1 aromatic carbocycles. The number of aromatic nitrogens is 2. The molecule has 2 heterocycles. The molecule has 0 radical (unpaired) electrons. The van der Waals surface area contributed by atoms with Gasteiger partial charge in [-0.05, 0) is 25.1 Å². The number of nitrogens with zero attached hydrogens (tertiary/aromatic N) is 2. The Morgan fingerprint density at radius 3 is 3.05 bits per heavy atom. The lowest BCUT2D eigenvalue weighted by Crippen LogP contribution is -2.25. The number of nitrogens with two attached hydrogens (primary N) is 1. The number of thioether (sulfide) groups is 1. The normalized spacial score (nSPS) is 14.7. The number of hydrogen-bond acceptors (Lipinski definition) is 8. The van der Waals surface area contributed by atoms with Crippen LogP contribution >= 0.6 is 23.1 Å². The van der Waals surface area contributed by atoms with E-state index in [9.17, 15) is 9.59 Å². The number of ether oxygens (including phenoxy) is 1. The van der Waals surface area contributed by atoms with Crippen LogP contribution in [-0.2, 0) is 4.79 Å². The van der Waals surface area contributed by atoms with Crippen molar-refractivity contribution >= 4 is 45.6 Å². The molecule has 0 spiro atoms. The number of carbonyl (C=O) groups excluding carboxylic acids is 2. The van der Waals surface area contributed by atoms with Crippen molar-refractivity contribution in [3.8, 4) is 5.75 Å². The van der Waals surface area contributed by atoms with Crippen LogP contribution in [0.3, 0.4) is 0 Å². The average molecular weight is 336 g/mol. The predicted molar refractivity (Wildman–Crippen MR) is 84.5 cm³/mol. The largest absolute Gasteiger partial charge is 0.482 e. The lowest BCUT2D eigenvalue weighted by molar-refractivity contribution is -0.118. The number of anilines is 2. The van der Waals surface area contributed by atoms with Crippen LogP contribution in [0.5, 0.6) is 5.75 Å². The van der Waals surface area contributed by atoms with Crippen LogP contribution in [0.25, 0.3) is 0 Å². The maximum atomic E-state index is 12.5. The minimum absolute atomic E-state index is 0.00891. The zero-order chi connectivity index (χ0) is 15.7. The molecule has 0 saturated heterocycles. The summed E-state index contributed by atoms with van der Waals surface area (Å²) in [5.41, 5.74) is 6.54. The van der Waals surface area contributed by atoms with E-state index in [1.807, 2.05) is 0 Å². The summed E-state index contributed by atoms with van der Waals surface area (Å²) in [6.45, 7) is 1.78. The van der Waals surface area contributed by atoms with Crippen molar-refractivity contribution in [1.82, 2.24) is 10.2 Å². The molecule has 3 rings (SSSR count). The van der Waals surface area contributed by atoms with Crippen LogP contribution in [-0.4, -0.2) is 33.7 Å². The van der Waals surface area contributed by atoms with Gasteiger partial charge >= 0.3 is 0 Å². The third kappa shape index (κ3) is 3.04. The van der Waals surface area contributed by atoms with E-state index in [1.54, 1.807) is 25.1 Å². The first kappa shape index (κ1) is 14.8. The van der Waals surface area contributed by atoms with Gasteiger partial charge in [-0.25, -0.2) is 0 Å². The van der Waals surface area contributed by atoms with Gasteiger partial charge < -0.3 is 15.8 Å². The fourth-order valence-electron chi connectivity index (χ4n) is 1.94. The molecule has 0 saturated carbocycles. The lowest BCUT2D eigenvalue weighted by Gasteiger charge is -2.18. The van der Waals surface area contributed by atoms with Crippen molar-refractivity contribution in [2.45, 2.75) is 16.5 Å². The summed E-state index contributed by atoms with van der Waals surface area (Å²) in [5, 5.41) is 10.3. The first-order valence-corrected chi connectivity index (χ1v) is 8.09. The first-order valence-electron chi connectivity index (χ1n) is 6.39. The van der Waals surface area contributed by atoms with Crippen molar-refractivity contribution in [3.05, 3.63) is 23.8 Å². The van der Waals surface area contributed by atoms with Gasteiger partial charge in [0.1, 0.15) is 5.75 Å². The Morgan fingerprint density at radius 1 is 1.50 bits per heavy atom. The number of nitrogen functional groups attached to an aromatic ring is 1. The monoisotopic (exact) mass is 336 g/mol. The van der Waals surface area contributed by atoms with E-state index in [-0.39, 0.29) is 23.5 Å². The molecular formula is C13H12N4O3S2. The van der Waals surface area contributed by atoms with Crippen molar-refractivity contribution < 1.29 is 14.3 Å². The van der Waals surface area contributed by atoms with Crippen LogP contribution in [0.1, 0.15) is 17.3 Å². The Bertz CT molecular complexity index is 747. The minimum atomic E-state index is -0.342. The standard InChI is InChI=1S/C13H12N4O3S2/c1-6(21-13-17-16-12(14)22-13)11(19)7-2-3-9-8(4-7)15-10(18)5-20-9/h2-4,6H,5H2,1H3,(H2,14,16)(H,15,18). The van der Waals surface area contributed by atoms with Crippen molar-refractivity contribution in [2.24, 2.45) is 0 Å². The summed E-state index contributed by atoms with van der Waals surface area (Å²) in [7, 11) is 0. The van der Waals surface area contributed by atoms with Gasteiger partial charge in [-0.1, -0.05) is 23.1 Å². The van der Waals surface area contributed by atoms with Crippen LogP contribution in [0, 0.1) is 0 Å². The van der Waals surface area contributed by atoms with Crippen LogP contribution in [0.15, 0.2) is 22.5 Å². The van der Waals surface area contributed by atoms with Gasteiger partial charge in [-0.3, -0.25) is 9.59 Å². The summed E-state index contributed by atoms with van der Waals surface area (Å²) in [5.74, 6) is 0.263. The molecule has 22 heavy (non-hydrogen) atoms. The number of carbonyl (C=O) groups is 2. The van der Waals surface area contributed by atoms with E-state index in [4.69, 9.17) is 10.5 Å². The fraction of sp³-hybridized carbons (Fsp3) is 0.231. The molecule has 9 heteroatoms. The Balaban J connectivity index is 1.77. The van der Waals surface area contributed by atoms with Crippen LogP contribution < -0.4 is 15.8 Å². The maximum Gasteiger partial charge on any atom is 0.262 e. The molecule has 1 aliphatic rings. The van der Waals surface area contributed by atoms with E-state index in [2.05, 4.69) is 15.5 Å². The minimum Gasteiger partial charge on any atom is -0.482 e. The number of ketones is 1. The highest BCUT2D eigenvalue weighted by Crippen LogP contribution is 2.32. The molecule has 1 unspecified atom stereocenters. The van der Waals surface area contributed by atoms with Crippen LogP contribution in [0.2, 0.25) is 0 Å². The quantitative estimate of drug-likeness (QED) is 0.647. The number of rotatable bonds is 4. The molecular weight excluding hydrogens is 324 g/mol. The van der Waals surface area contributed by atoms with E-state index < -0.39 is 0 Å². The second kappa shape index (κ2) is 5.93. The number of benzene rings is 1. The molecule has 7 nitrogen and oxygen atoms in total. The fourth-order valence-corrected chi connectivity index (χ4v) is 3.80. The average Bonchev–Trinajstić information content (AvgIpc) is 2.90. The maximum absolute atomic E-state index is 12.5. The van der Waals surface area contributed by atoms with Gasteiger partial charge in [0.2, 0.25) is 5.13 Å². The molecule has 0 aliphatic carbocycles. The van der Waals surface area contributed by atoms with Gasteiger partial charge in [0, 0.05) is 5.56 Å². The Morgan fingerprint density at radius 2 is 2.32 bits per heavy atom. The van der Waals surface area contributed by atoms with Crippen molar-refractivity contribution in [1.29, 1.82) is 0 Å². The van der Waals surface area contributed by atoms with Crippen LogP contribution in [0.4, 0.5) is 10.8 Å². The Hall–Kier alpha value is -2.13. The zero-order valence-electron chi connectivity index (χ0n) is 11.5. The number of fused-ring (bicyclic) bond motifs is 1. The predicted octanol–water partition coefficient (Wildman–Crippen LogP) is 1.81. The summed E-state index contributed by atoms with van der Waals surface area (Å²) >= 11 is 2.54. The van der Waals surface area contributed by atoms with Gasteiger partial charge in [0.25, 0.3) is 5.91 Å². The van der Waals surface area contributed by atoms with E-state index >= 15 is 0 Å². The topological polar surface area (TPSA) is 107 Å². The number of nitrogens with one attached hydrogen (secondary N) is 1. The summed E-state index contributed by atoms with van der Waals surface area (Å²) in [6, 6.07) is 4.99.